The fraction of sp³-hybridized carbons (Fsp3) is 0.533. The first-order chi connectivity index (χ1) is 10.2. The van der Waals surface area contributed by atoms with Crippen molar-refractivity contribution in [2.75, 3.05) is 13.1 Å². The number of rotatable bonds is 4. The van der Waals surface area contributed by atoms with Gasteiger partial charge in [-0.2, -0.15) is 4.31 Å². The number of aliphatic carboxylic acids is 1. The lowest BCUT2D eigenvalue weighted by Crippen LogP contribution is -2.48. The molecule has 1 saturated heterocycles. The molecule has 0 aliphatic carbocycles. The number of hydrogen-bond donors (Lipinski definition) is 2. The van der Waals surface area contributed by atoms with Crippen molar-refractivity contribution >= 4 is 16.0 Å². The lowest BCUT2D eigenvalue weighted by atomic mass is 9.95. The molecule has 0 bridgehead atoms. The second-order valence-electron chi connectivity index (χ2n) is 5.89. The molecule has 0 spiro atoms. The van der Waals surface area contributed by atoms with Crippen LogP contribution in [0.4, 0.5) is 0 Å². The fourth-order valence-electron chi connectivity index (χ4n) is 2.58. The van der Waals surface area contributed by atoms with E-state index in [0.29, 0.717) is 5.92 Å². The number of aliphatic hydroxyl groups excluding tert-OH is 1. The molecule has 122 valence electrons. The molecule has 1 aliphatic rings. The monoisotopic (exact) mass is 327 g/mol. The van der Waals surface area contributed by atoms with E-state index >= 15 is 0 Å². The van der Waals surface area contributed by atoms with Crippen LogP contribution in [-0.2, 0) is 14.8 Å². The Hall–Kier alpha value is -1.44. The highest BCUT2D eigenvalue weighted by Crippen LogP contribution is 2.25. The number of piperidine rings is 1. The molecular weight excluding hydrogens is 306 g/mol. The predicted molar refractivity (Wildman–Crippen MR) is 81.0 cm³/mol. The number of sulfonamides is 1. The summed E-state index contributed by atoms with van der Waals surface area (Å²) in [4.78, 5) is 11.1. The maximum atomic E-state index is 12.6. The Kier molecular flexibility index (Phi) is 4.89. The summed E-state index contributed by atoms with van der Waals surface area (Å²) in [6.07, 6.45) is -1.07. The van der Waals surface area contributed by atoms with E-state index < -0.39 is 28.0 Å². The largest absolute Gasteiger partial charge is 0.481 e. The Labute approximate surface area is 130 Å². The van der Waals surface area contributed by atoms with Crippen LogP contribution in [-0.4, -0.2) is 48.1 Å². The van der Waals surface area contributed by atoms with Crippen molar-refractivity contribution in [1.29, 1.82) is 0 Å². The van der Waals surface area contributed by atoms with Gasteiger partial charge in [0.15, 0.2) is 0 Å². The summed E-state index contributed by atoms with van der Waals surface area (Å²) < 4.78 is 26.3. The zero-order chi connectivity index (χ0) is 16.5. The highest BCUT2D eigenvalue weighted by Gasteiger charge is 2.37. The van der Waals surface area contributed by atoms with Gasteiger partial charge in [0.2, 0.25) is 10.0 Å². The van der Waals surface area contributed by atoms with Gasteiger partial charge in [-0.05, 0) is 30.0 Å². The van der Waals surface area contributed by atoms with Crippen molar-refractivity contribution < 1.29 is 23.4 Å². The molecule has 1 aromatic carbocycles. The van der Waals surface area contributed by atoms with E-state index in [2.05, 4.69) is 0 Å². The van der Waals surface area contributed by atoms with Crippen LogP contribution in [0.3, 0.4) is 0 Å². The van der Waals surface area contributed by atoms with E-state index in [1.807, 2.05) is 13.8 Å². The summed E-state index contributed by atoms with van der Waals surface area (Å²) in [6.45, 7) is 3.96. The molecule has 6 nitrogen and oxygen atoms in total. The maximum Gasteiger partial charge on any atom is 0.309 e. The molecule has 22 heavy (non-hydrogen) atoms. The molecule has 0 unspecified atom stereocenters. The fourth-order valence-corrected chi connectivity index (χ4v) is 4.06. The van der Waals surface area contributed by atoms with Gasteiger partial charge in [-0.3, -0.25) is 4.79 Å². The average Bonchev–Trinajstić information content (AvgIpc) is 2.46. The SMILES string of the molecule is CC(C)c1ccc(S(=O)(=O)N2CC[C@H](C(=O)O)[C@H](O)C2)cc1. The van der Waals surface area contributed by atoms with E-state index in [1.54, 1.807) is 24.3 Å². The zero-order valence-electron chi connectivity index (χ0n) is 12.6. The van der Waals surface area contributed by atoms with Crippen LogP contribution >= 0.6 is 0 Å². The molecular formula is C15H21NO5S. The molecule has 1 fully saturated rings. The molecule has 1 heterocycles. The molecule has 0 aromatic heterocycles. The number of nitrogens with zero attached hydrogens (tertiary/aromatic N) is 1. The van der Waals surface area contributed by atoms with Gasteiger partial charge in [0.25, 0.3) is 0 Å². The summed E-state index contributed by atoms with van der Waals surface area (Å²) in [7, 11) is -3.71. The molecule has 0 amide bonds. The number of hydrogen-bond acceptors (Lipinski definition) is 4. The zero-order valence-corrected chi connectivity index (χ0v) is 13.5. The number of benzene rings is 1. The second kappa shape index (κ2) is 6.36. The predicted octanol–water partition coefficient (Wildman–Crippen LogP) is 1.27. The van der Waals surface area contributed by atoms with Crippen molar-refractivity contribution in [3.05, 3.63) is 29.8 Å². The molecule has 2 N–H and O–H groups in total. The summed E-state index contributed by atoms with van der Waals surface area (Å²) in [5.74, 6) is -1.69. The highest BCUT2D eigenvalue weighted by atomic mass is 32.2. The van der Waals surface area contributed by atoms with Crippen molar-refractivity contribution in [2.24, 2.45) is 5.92 Å². The molecule has 1 aromatic rings. The first-order valence-electron chi connectivity index (χ1n) is 7.24. The van der Waals surface area contributed by atoms with Crippen molar-refractivity contribution in [2.45, 2.75) is 37.2 Å². The molecule has 7 heteroatoms. The lowest BCUT2D eigenvalue weighted by molar-refractivity contribution is -0.147. The summed E-state index contributed by atoms with van der Waals surface area (Å²) in [6, 6.07) is 6.66. The number of carbonyl (C=O) groups is 1. The van der Waals surface area contributed by atoms with E-state index in [0.717, 1.165) is 9.87 Å². The van der Waals surface area contributed by atoms with Gasteiger partial charge < -0.3 is 10.2 Å². The Bertz CT molecular complexity index is 638. The van der Waals surface area contributed by atoms with E-state index in [-0.39, 0.29) is 24.4 Å². The van der Waals surface area contributed by atoms with Gasteiger partial charge in [0.05, 0.1) is 16.9 Å². The highest BCUT2D eigenvalue weighted by molar-refractivity contribution is 7.89. The number of carboxylic acids is 1. The topological polar surface area (TPSA) is 94.9 Å². The Morgan fingerprint density at radius 1 is 1.27 bits per heavy atom. The van der Waals surface area contributed by atoms with E-state index in [4.69, 9.17) is 5.11 Å². The number of carboxylic acid groups (broad SMARTS) is 1. The summed E-state index contributed by atoms with van der Waals surface area (Å²) in [5.41, 5.74) is 1.04. The Balaban J connectivity index is 2.19. The van der Waals surface area contributed by atoms with E-state index in [1.165, 1.54) is 0 Å². The minimum absolute atomic E-state index is 0.0995. The van der Waals surface area contributed by atoms with Crippen LogP contribution in [0.1, 0.15) is 31.7 Å². The van der Waals surface area contributed by atoms with Crippen LogP contribution in [0.15, 0.2) is 29.2 Å². The van der Waals surface area contributed by atoms with Gasteiger partial charge in [-0.15, -0.1) is 0 Å². The number of aliphatic hydroxyl groups is 1. The van der Waals surface area contributed by atoms with Crippen LogP contribution in [0.25, 0.3) is 0 Å². The minimum Gasteiger partial charge on any atom is -0.481 e. The van der Waals surface area contributed by atoms with Crippen LogP contribution < -0.4 is 0 Å². The molecule has 0 radical (unpaired) electrons. The quantitative estimate of drug-likeness (QED) is 0.868. The smallest absolute Gasteiger partial charge is 0.309 e. The maximum absolute atomic E-state index is 12.6. The second-order valence-corrected chi connectivity index (χ2v) is 7.83. The van der Waals surface area contributed by atoms with Gasteiger partial charge in [0, 0.05) is 13.1 Å². The van der Waals surface area contributed by atoms with Crippen LogP contribution in [0, 0.1) is 5.92 Å². The Morgan fingerprint density at radius 2 is 1.86 bits per heavy atom. The minimum atomic E-state index is -3.71. The molecule has 2 rings (SSSR count). The first kappa shape index (κ1) is 16.9. The lowest BCUT2D eigenvalue weighted by Gasteiger charge is -2.33. The normalized spacial score (nSPS) is 23.6. The standard InChI is InChI=1S/C15H21NO5S/c1-10(2)11-3-5-12(6-4-11)22(20,21)16-8-7-13(15(18)19)14(17)9-16/h3-6,10,13-14,17H,7-9H2,1-2H3,(H,18,19)/t13-,14+/m0/s1. The first-order valence-corrected chi connectivity index (χ1v) is 8.68. The third-order valence-electron chi connectivity index (χ3n) is 4.05. The molecule has 0 saturated carbocycles. The third kappa shape index (κ3) is 3.31. The number of β-amino-alcohol motifs (C(OH)–C–C–N with tert-alkyl or cyclic N) is 1. The Morgan fingerprint density at radius 3 is 2.32 bits per heavy atom. The van der Waals surface area contributed by atoms with Gasteiger partial charge in [0.1, 0.15) is 0 Å². The van der Waals surface area contributed by atoms with Crippen LogP contribution in [0.2, 0.25) is 0 Å². The van der Waals surface area contributed by atoms with Crippen molar-refractivity contribution in [3.63, 3.8) is 0 Å². The van der Waals surface area contributed by atoms with E-state index in [9.17, 15) is 18.3 Å². The summed E-state index contributed by atoms with van der Waals surface area (Å²) in [5, 5.41) is 18.8. The molecule has 1 aliphatic heterocycles. The van der Waals surface area contributed by atoms with Gasteiger partial charge in [-0.25, -0.2) is 8.42 Å². The molecule has 2 atom stereocenters. The third-order valence-corrected chi connectivity index (χ3v) is 5.93. The average molecular weight is 327 g/mol. The van der Waals surface area contributed by atoms with Gasteiger partial charge >= 0.3 is 5.97 Å². The van der Waals surface area contributed by atoms with Crippen LogP contribution in [0.5, 0.6) is 0 Å². The van der Waals surface area contributed by atoms with Gasteiger partial charge in [-0.1, -0.05) is 26.0 Å². The van der Waals surface area contributed by atoms with Crippen molar-refractivity contribution in [1.82, 2.24) is 4.31 Å². The summed E-state index contributed by atoms with van der Waals surface area (Å²) >= 11 is 0. The van der Waals surface area contributed by atoms with Crippen molar-refractivity contribution in [3.8, 4) is 0 Å².